The molecule has 0 aromatic heterocycles. The van der Waals surface area contributed by atoms with Crippen LogP contribution in [0.1, 0.15) is 25.8 Å². The summed E-state index contributed by atoms with van der Waals surface area (Å²) in [7, 11) is -1.09. The third-order valence-electron chi connectivity index (χ3n) is 3.78. The topological polar surface area (TPSA) is 88.1 Å². The fraction of sp³-hybridized carbons (Fsp3) is 0.375. The molecular weight excluding hydrogens is 330 g/mol. The van der Waals surface area contributed by atoms with Crippen molar-refractivity contribution >= 4 is 21.8 Å². The summed E-state index contributed by atoms with van der Waals surface area (Å²) < 4.78 is 34.2. The third kappa shape index (κ3) is 3.76. The average molecular weight is 351 g/mol. The summed E-state index contributed by atoms with van der Waals surface area (Å²) >= 11 is 0. The molecule has 1 aliphatic rings. The first kappa shape index (κ1) is 18.0. The Morgan fingerprint density at radius 3 is 2.50 bits per heavy atom. The molecule has 1 atom stereocenters. The van der Waals surface area contributed by atoms with Gasteiger partial charge in [0, 0.05) is 18.7 Å². The molecule has 2 rings (SSSR count). The zero-order valence-corrected chi connectivity index (χ0v) is 14.9. The van der Waals surface area contributed by atoms with Crippen molar-refractivity contribution in [1.82, 2.24) is 9.62 Å². The molecule has 1 aromatic carbocycles. The molecule has 7 nitrogen and oxygen atoms in total. The molecule has 1 N–H and O–H groups in total. The van der Waals surface area contributed by atoms with Gasteiger partial charge < -0.3 is 10.1 Å². The van der Waals surface area contributed by atoms with Crippen molar-refractivity contribution in [2.24, 2.45) is 4.40 Å². The zero-order chi connectivity index (χ0) is 17.9. The Hall–Kier alpha value is -2.35. The van der Waals surface area contributed by atoms with E-state index < -0.39 is 16.1 Å². The maximum absolute atomic E-state index is 12.4. The van der Waals surface area contributed by atoms with Gasteiger partial charge in [0.05, 0.1) is 12.8 Å². The Morgan fingerprint density at radius 1 is 1.33 bits per heavy atom. The zero-order valence-electron chi connectivity index (χ0n) is 14.1. The molecular formula is C16H21N3O4S. The van der Waals surface area contributed by atoms with E-state index in [1.54, 1.807) is 31.4 Å². The molecule has 1 heterocycles. The molecule has 8 heteroatoms. The van der Waals surface area contributed by atoms with E-state index in [9.17, 15) is 13.2 Å². The van der Waals surface area contributed by atoms with Gasteiger partial charge in [-0.2, -0.15) is 8.42 Å². The monoisotopic (exact) mass is 351 g/mol. The van der Waals surface area contributed by atoms with Crippen molar-refractivity contribution in [3.8, 4) is 5.75 Å². The van der Waals surface area contributed by atoms with Gasteiger partial charge in [-0.3, -0.25) is 4.79 Å². The lowest BCUT2D eigenvalue weighted by Gasteiger charge is -2.24. The SMILES string of the molecule is CC[C@@H](C)NC(=O)C1=CC(c2ccc(OC)cc2)=NS(=O)(=O)N1C. The highest BCUT2D eigenvalue weighted by molar-refractivity contribution is 7.88. The van der Waals surface area contributed by atoms with Gasteiger partial charge in [-0.25, -0.2) is 4.31 Å². The first-order chi connectivity index (χ1) is 11.3. The number of likely N-dealkylation sites (N-methyl/N-ethyl adjacent to an activating group) is 1. The molecule has 0 saturated heterocycles. The highest BCUT2D eigenvalue weighted by atomic mass is 32.2. The van der Waals surface area contributed by atoms with Crippen LogP contribution in [0.15, 0.2) is 40.4 Å². The number of benzene rings is 1. The predicted octanol–water partition coefficient (Wildman–Crippen LogP) is 1.47. The van der Waals surface area contributed by atoms with Crippen LogP contribution in [0.5, 0.6) is 5.75 Å². The summed E-state index contributed by atoms with van der Waals surface area (Å²) in [6, 6.07) is 6.74. The minimum Gasteiger partial charge on any atom is -0.497 e. The van der Waals surface area contributed by atoms with Crippen LogP contribution in [0.4, 0.5) is 0 Å². The number of rotatable bonds is 5. The van der Waals surface area contributed by atoms with Gasteiger partial charge in [0.15, 0.2) is 0 Å². The normalized spacial score (nSPS) is 17.6. The second-order valence-electron chi connectivity index (χ2n) is 5.46. The van der Waals surface area contributed by atoms with E-state index >= 15 is 0 Å². The molecule has 0 unspecified atom stereocenters. The molecule has 0 bridgehead atoms. The van der Waals surface area contributed by atoms with Crippen LogP contribution in [0.25, 0.3) is 0 Å². The van der Waals surface area contributed by atoms with Crippen molar-refractivity contribution in [2.75, 3.05) is 14.2 Å². The summed E-state index contributed by atoms with van der Waals surface area (Å²) in [5, 5.41) is 2.77. The van der Waals surface area contributed by atoms with Crippen LogP contribution in [-0.2, 0) is 15.0 Å². The number of methoxy groups -OCH3 is 1. The minimum absolute atomic E-state index is 0.0381. The number of amides is 1. The lowest BCUT2D eigenvalue weighted by atomic mass is 10.1. The van der Waals surface area contributed by atoms with E-state index in [4.69, 9.17) is 4.74 Å². The summed E-state index contributed by atoms with van der Waals surface area (Å²) in [5.74, 6) is 0.199. The number of carbonyl (C=O) groups excluding carboxylic acids is 1. The van der Waals surface area contributed by atoms with Crippen LogP contribution in [-0.4, -0.2) is 44.5 Å². The van der Waals surface area contributed by atoms with Crippen LogP contribution in [0, 0.1) is 0 Å². The van der Waals surface area contributed by atoms with Gasteiger partial charge in [0.2, 0.25) is 0 Å². The van der Waals surface area contributed by atoms with Gasteiger partial charge in [-0.05, 0) is 43.7 Å². The molecule has 1 aromatic rings. The number of ether oxygens (including phenoxy) is 1. The highest BCUT2D eigenvalue weighted by Gasteiger charge is 2.30. The molecule has 0 aliphatic carbocycles. The van der Waals surface area contributed by atoms with E-state index in [0.717, 1.165) is 10.7 Å². The van der Waals surface area contributed by atoms with E-state index in [0.29, 0.717) is 11.3 Å². The van der Waals surface area contributed by atoms with Crippen molar-refractivity contribution in [3.63, 3.8) is 0 Å². The Balaban J connectivity index is 2.41. The van der Waals surface area contributed by atoms with Crippen LogP contribution < -0.4 is 10.1 Å². The second-order valence-corrected chi connectivity index (χ2v) is 7.09. The molecule has 0 radical (unpaired) electrons. The maximum atomic E-state index is 12.4. The Kier molecular flexibility index (Phi) is 5.28. The Morgan fingerprint density at radius 2 is 1.96 bits per heavy atom. The highest BCUT2D eigenvalue weighted by Crippen LogP contribution is 2.21. The van der Waals surface area contributed by atoms with E-state index in [1.165, 1.54) is 13.1 Å². The van der Waals surface area contributed by atoms with Crippen molar-refractivity contribution in [2.45, 2.75) is 26.3 Å². The number of hydrogen-bond donors (Lipinski definition) is 1. The summed E-state index contributed by atoms with van der Waals surface area (Å²) in [4.78, 5) is 12.4. The summed E-state index contributed by atoms with van der Waals surface area (Å²) in [6.07, 6.45) is 2.22. The first-order valence-electron chi connectivity index (χ1n) is 7.54. The Labute approximate surface area is 142 Å². The molecule has 0 fully saturated rings. The van der Waals surface area contributed by atoms with Crippen molar-refractivity contribution in [3.05, 3.63) is 41.6 Å². The second kappa shape index (κ2) is 7.04. The van der Waals surface area contributed by atoms with Crippen molar-refractivity contribution in [1.29, 1.82) is 0 Å². The van der Waals surface area contributed by atoms with Crippen molar-refractivity contribution < 1.29 is 17.9 Å². The summed E-state index contributed by atoms with van der Waals surface area (Å²) in [6.45, 7) is 3.79. The number of nitrogens with zero attached hydrogens (tertiary/aromatic N) is 2. The molecule has 24 heavy (non-hydrogen) atoms. The van der Waals surface area contributed by atoms with Gasteiger partial charge in [0.1, 0.15) is 11.4 Å². The number of allylic oxidation sites excluding steroid dienone is 1. The standard InChI is InChI=1S/C16H21N3O4S/c1-5-11(2)17-16(20)15-10-14(18-24(21,22)19(15)3)12-6-8-13(23-4)9-7-12/h6-11H,5H2,1-4H3,(H,17,20)/t11-/m1/s1. The average Bonchev–Trinajstić information content (AvgIpc) is 2.56. The summed E-state index contributed by atoms with van der Waals surface area (Å²) in [5.41, 5.74) is 0.836. The Bertz CT molecular complexity index is 782. The fourth-order valence-corrected chi connectivity index (χ4v) is 2.98. The van der Waals surface area contributed by atoms with Crippen LogP contribution >= 0.6 is 0 Å². The fourth-order valence-electron chi connectivity index (χ4n) is 2.06. The maximum Gasteiger partial charge on any atom is 0.345 e. The van der Waals surface area contributed by atoms with Gasteiger partial charge in [0.25, 0.3) is 5.91 Å². The third-order valence-corrected chi connectivity index (χ3v) is 5.10. The van der Waals surface area contributed by atoms with Crippen LogP contribution in [0.3, 0.4) is 0 Å². The lowest BCUT2D eigenvalue weighted by Crippen LogP contribution is -2.41. The van der Waals surface area contributed by atoms with Gasteiger partial charge in [-0.1, -0.05) is 6.92 Å². The molecule has 0 saturated carbocycles. The largest absolute Gasteiger partial charge is 0.497 e. The lowest BCUT2D eigenvalue weighted by molar-refractivity contribution is -0.119. The van der Waals surface area contributed by atoms with Gasteiger partial charge in [-0.15, -0.1) is 4.40 Å². The van der Waals surface area contributed by atoms with Crippen LogP contribution in [0.2, 0.25) is 0 Å². The molecule has 0 spiro atoms. The number of carbonyl (C=O) groups is 1. The smallest absolute Gasteiger partial charge is 0.345 e. The number of nitrogens with one attached hydrogen (secondary N) is 1. The molecule has 1 aliphatic heterocycles. The first-order valence-corrected chi connectivity index (χ1v) is 8.94. The number of hydrogen-bond acceptors (Lipinski definition) is 4. The van der Waals surface area contributed by atoms with E-state index in [1.807, 2.05) is 13.8 Å². The molecule has 1 amide bonds. The van der Waals surface area contributed by atoms with E-state index in [-0.39, 0.29) is 17.5 Å². The minimum atomic E-state index is -3.95. The quantitative estimate of drug-likeness (QED) is 0.870. The predicted molar refractivity (Wildman–Crippen MR) is 92.2 cm³/mol. The van der Waals surface area contributed by atoms with Gasteiger partial charge >= 0.3 is 10.2 Å². The van der Waals surface area contributed by atoms with E-state index in [2.05, 4.69) is 9.71 Å². The molecule has 130 valence electrons.